The minimum atomic E-state index is 0. The van der Waals surface area contributed by atoms with E-state index < -0.39 is 0 Å². The minimum absolute atomic E-state index is 0. The molecule has 2 aromatic heterocycles. The summed E-state index contributed by atoms with van der Waals surface area (Å²) in [6, 6.07) is 10.2. The smallest absolute Gasteiger partial charge is 0.223 e. The van der Waals surface area contributed by atoms with Gasteiger partial charge in [-0.15, -0.1) is 24.0 Å². The zero-order valence-electron chi connectivity index (χ0n) is 15.6. The molecule has 27 heavy (non-hydrogen) atoms. The summed E-state index contributed by atoms with van der Waals surface area (Å²) in [5.74, 6) is 1.80. The van der Waals surface area contributed by atoms with Gasteiger partial charge < -0.3 is 15.2 Å². The SMILES string of the molecule is CCNC(=NCc1noc(C)n1)NC(C)c1cccc(-n2cccn2)c1.I. The molecule has 1 unspecified atom stereocenters. The lowest BCUT2D eigenvalue weighted by molar-refractivity contribution is 0.387. The third-order valence-corrected chi connectivity index (χ3v) is 3.78. The van der Waals surface area contributed by atoms with Crippen molar-refractivity contribution in [3.05, 3.63) is 60.0 Å². The summed E-state index contributed by atoms with van der Waals surface area (Å²) in [6.07, 6.45) is 3.69. The van der Waals surface area contributed by atoms with Gasteiger partial charge in [-0.3, -0.25) is 0 Å². The number of nitrogens with zero attached hydrogens (tertiary/aromatic N) is 5. The van der Waals surface area contributed by atoms with Gasteiger partial charge in [0.05, 0.1) is 11.7 Å². The Morgan fingerprint density at radius 2 is 2.19 bits per heavy atom. The Hall–Kier alpha value is -2.43. The van der Waals surface area contributed by atoms with Crippen molar-refractivity contribution in [1.82, 2.24) is 30.6 Å². The van der Waals surface area contributed by atoms with Gasteiger partial charge in [-0.2, -0.15) is 10.1 Å². The zero-order valence-corrected chi connectivity index (χ0v) is 17.9. The van der Waals surface area contributed by atoms with Crippen molar-refractivity contribution in [2.24, 2.45) is 4.99 Å². The number of nitrogens with one attached hydrogen (secondary N) is 2. The molecule has 2 N–H and O–H groups in total. The largest absolute Gasteiger partial charge is 0.357 e. The van der Waals surface area contributed by atoms with Gasteiger partial charge in [-0.25, -0.2) is 9.67 Å². The van der Waals surface area contributed by atoms with Crippen LogP contribution in [0.25, 0.3) is 5.69 Å². The van der Waals surface area contributed by atoms with Gasteiger partial charge in [0.15, 0.2) is 11.8 Å². The zero-order chi connectivity index (χ0) is 18.4. The maximum Gasteiger partial charge on any atom is 0.223 e. The Kier molecular flexibility index (Phi) is 7.77. The number of aromatic nitrogens is 4. The Morgan fingerprint density at radius 3 is 2.85 bits per heavy atom. The van der Waals surface area contributed by atoms with E-state index in [4.69, 9.17) is 4.52 Å². The average Bonchev–Trinajstić information content (AvgIpc) is 3.32. The van der Waals surface area contributed by atoms with Crippen LogP contribution in [0.3, 0.4) is 0 Å². The Bertz CT molecular complexity index is 860. The number of rotatable bonds is 6. The van der Waals surface area contributed by atoms with Crippen LogP contribution in [0.2, 0.25) is 0 Å². The minimum Gasteiger partial charge on any atom is -0.357 e. The van der Waals surface area contributed by atoms with Crippen LogP contribution in [0.5, 0.6) is 0 Å². The second-order valence-corrected chi connectivity index (χ2v) is 5.84. The Morgan fingerprint density at radius 1 is 1.33 bits per heavy atom. The molecule has 0 aliphatic carbocycles. The summed E-state index contributed by atoms with van der Waals surface area (Å²) < 4.78 is 6.82. The number of aryl methyl sites for hydroxylation is 1. The first kappa shape index (κ1) is 20.9. The van der Waals surface area contributed by atoms with Crippen molar-refractivity contribution in [3.8, 4) is 5.69 Å². The van der Waals surface area contributed by atoms with Gasteiger partial charge in [0.25, 0.3) is 0 Å². The third kappa shape index (κ3) is 5.78. The molecule has 3 aromatic rings. The number of hydrogen-bond donors (Lipinski definition) is 2. The van der Waals surface area contributed by atoms with Crippen LogP contribution in [0.1, 0.15) is 37.2 Å². The predicted molar refractivity (Wildman–Crippen MR) is 114 cm³/mol. The highest BCUT2D eigenvalue weighted by molar-refractivity contribution is 14.0. The van der Waals surface area contributed by atoms with Crippen LogP contribution in [-0.4, -0.2) is 32.4 Å². The summed E-state index contributed by atoms with van der Waals surface area (Å²) in [5.41, 5.74) is 2.16. The molecule has 1 aromatic carbocycles. The fourth-order valence-electron chi connectivity index (χ4n) is 2.52. The summed E-state index contributed by atoms with van der Waals surface area (Å²) in [5, 5.41) is 14.8. The number of guanidine groups is 1. The maximum absolute atomic E-state index is 4.98. The van der Waals surface area contributed by atoms with Crippen LogP contribution in [0.15, 0.2) is 52.2 Å². The standard InChI is InChI=1S/C18H23N7O.HI/c1-4-19-18(20-12-17-23-14(3)26-24-17)22-13(2)15-7-5-8-16(11-15)25-10-6-9-21-25;/h5-11,13H,4,12H2,1-3H3,(H2,19,20,22);1H. The van der Waals surface area contributed by atoms with Crippen molar-refractivity contribution in [2.45, 2.75) is 33.4 Å². The molecule has 144 valence electrons. The van der Waals surface area contributed by atoms with E-state index in [1.807, 2.05) is 36.0 Å². The molecule has 0 aliphatic rings. The third-order valence-electron chi connectivity index (χ3n) is 3.78. The molecule has 0 bridgehead atoms. The Balaban J connectivity index is 0.00000261. The molecule has 0 radical (unpaired) electrons. The van der Waals surface area contributed by atoms with Crippen LogP contribution in [0, 0.1) is 6.92 Å². The molecule has 0 fully saturated rings. The van der Waals surface area contributed by atoms with E-state index in [0.29, 0.717) is 24.2 Å². The van der Waals surface area contributed by atoms with Gasteiger partial charge in [0.1, 0.15) is 6.54 Å². The quantitative estimate of drug-likeness (QED) is 0.320. The maximum atomic E-state index is 4.98. The van der Waals surface area contributed by atoms with E-state index in [0.717, 1.165) is 17.8 Å². The van der Waals surface area contributed by atoms with E-state index in [2.05, 4.69) is 49.9 Å². The van der Waals surface area contributed by atoms with Gasteiger partial charge >= 0.3 is 0 Å². The lowest BCUT2D eigenvalue weighted by Gasteiger charge is -2.18. The van der Waals surface area contributed by atoms with Crippen molar-refractivity contribution in [2.75, 3.05) is 6.54 Å². The molecule has 0 saturated heterocycles. The van der Waals surface area contributed by atoms with Gasteiger partial charge in [0, 0.05) is 25.9 Å². The second-order valence-electron chi connectivity index (χ2n) is 5.84. The summed E-state index contributed by atoms with van der Waals surface area (Å²) in [7, 11) is 0. The lowest BCUT2D eigenvalue weighted by atomic mass is 10.1. The van der Waals surface area contributed by atoms with Crippen molar-refractivity contribution >= 4 is 29.9 Å². The van der Waals surface area contributed by atoms with E-state index in [1.165, 1.54) is 0 Å². The topological polar surface area (TPSA) is 93.2 Å². The number of aliphatic imine (C=N–C) groups is 1. The molecule has 8 nitrogen and oxygen atoms in total. The monoisotopic (exact) mass is 481 g/mol. The van der Waals surface area contributed by atoms with E-state index in [1.54, 1.807) is 13.1 Å². The fourth-order valence-corrected chi connectivity index (χ4v) is 2.52. The molecule has 3 rings (SSSR count). The predicted octanol–water partition coefficient (Wildman–Crippen LogP) is 3.00. The molecule has 2 heterocycles. The van der Waals surface area contributed by atoms with Gasteiger partial charge in [-0.05, 0) is 37.6 Å². The van der Waals surface area contributed by atoms with Gasteiger partial charge in [-0.1, -0.05) is 17.3 Å². The second kappa shape index (κ2) is 10.0. The van der Waals surface area contributed by atoms with E-state index in [9.17, 15) is 0 Å². The molecule has 0 amide bonds. The molecule has 0 spiro atoms. The van der Waals surface area contributed by atoms with Crippen LogP contribution >= 0.6 is 24.0 Å². The molecular formula is C18H24IN7O. The normalized spacial score (nSPS) is 12.3. The summed E-state index contributed by atoms with van der Waals surface area (Å²) >= 11 is 0. The first-order valence-corrected chi connectivity index (χ1v) is 8.59. The van der Waals surface area contributed by atoms with Crippen molar-refractivity contribution < 1.29 is 4.52 Å². The van der Waals surface area contributed by atoms with Crippen LogP contribution in [-0.2, 0) is 6.54 Å². The first-order chi connectivity index (χ1) is 12.7. The highest BCUT2D eigenvalue weighted by Gasteiger charge is 2.10. The summed E-state index contributed by atoms with van der Waals surface area (Å²) in [4.78, 5) is 8.70. The lowest BCUT2D eigenvalue weighted by Crippen LogP contribution is -2.38. The first-order valence-electron chi connectivity index (χ1n) is 8.59. The fraction of sp³-hybridized carbons (Fsp3) is 0.333. The molecule has 1 atom stereocenters. The van der Waals surface area contributed by atoms with Crippen molar-refractivity contribution in [3.63, 3.8) is 0 Å². The molecule has 0 aliphatic heterocycles. The average molecular weight is 481 g/mol. The molecular weight excluding hydrogens is 457 g/mol. The highest BCUT2D eigenvalue weighted by atomic mass is 127. The molecule has 9 heteroatoms. The van der Waals surface area contributed by atoms with E-state index in [-0.39, 0.29) is 30.0 Å². The van der Waals surface area contributed by atoms with Gasteiger partial charge in [0.2, 0.25) is 5.89 Å². The summed E-state index contributed by atoms with van der Waals surface area (Å²) in [6.45, 7) is 6.99. The Labute approximate surface area is 175 Å². The van der Waals surface area contributed by atoms with Crippen LogP contribution in [0.4, 0.5) is 0 Å². The van der Waals surface area contributed by atoms with Crippen LogP contribution < -0.4 is 10.6 Å². The highest BCUT2D eigenvalue weighted by Crippen LogP contribution is 2.16. The number of hydrogen-bond acceptors (Lipinski definition) is 5. The van der Waals surface area contributed by atoms with E-state index >= 15 is 0 Å². The number of benzene rings is 1. The molecule has 0 saturated carbocycles. The number of halogens is 1. The van der Waals surface area contributed by atoms with Crippen molar-refractivity contribution in [1.29, 1.82) is 0 Å².